The molecule has 0 radical (unpaired) electrons. The summed E-state index contributed by atoms with van der Waals surface area (Å²) in [6, 6.07) is 8.54. The van der Waals surface area contributed by atoms with Gasteiger partial charge in [0.25, 0.3) is 0 Å². The summed E-state index contributed by atoms with van der Waals surface area (Å²) in [5.41, 5.74) is 0.380. The largest absolute Gasteiger partial charge is 0.467 e. The predicted octanol–water partition coefficient (Wildman–Crippen LogP) is 3.24. The number of nitrogens with one attached hydrogen (secondary N) is 2. The molecule has 7 heteroatoms. The van der Waals surface area contributed by atoms with Gasteiger partial charge in [0.15, 0.2) is 0 Å². The molecule has 0 fully saturated rings. The third kappa shape index (κ3) is 8.39. The van der Waals surface area contributed by atoms with Gasteiger partial charge in [-0.05, 0) is 38.7 Å². The van der Waals surface area contributed by atoms with Crippen LogP contribution in [0.3, 0.4) is 0 Å². The summed E-state index contributed by atoms with van der Waals surface area (Å²) >= 11 is 5.51. The number of esters is 1. The van der Waals surface area contributed by atoms with E-state index in [1.54, 1.807) is 20.8 Å². The lowest BCUT2D eigenvalue weighted by Gasteiger charge is -2.27. The monoisotopic (exact) mass is 394 g/mol. The number of carbonyl (C=O) groups is 2. The van der Waals surface area contributed by atoms with Crippen molar-refractivity contribution in [1.29, 1.82) is 0 Å². The summed E-state index contributed by atoms with van der Waals surface area (Å²) in [5.74, 6) is -0.433. The molecule has 0 heterocycles. The van der Waals surface area contributed by atoms with E-state index in [4.69, 9.17) is 21.7 Å². The fourth-order valence-electron chi connectivity index (χ4n) is 2.39. The fourth-order valence-corrected chi connectivity index (χ4v) is 2.66. The van der Waals surface area contributed by atoms with Gasteiger partial charge in [-0.25, -0.2) is 9.59 Å². The molecule has 0 saturated heterocycles. The minimum atomic E-state index is -0.622. The maximum Gasteiger partial charge on any atom is 0.408 e. The Bertz CT molecular complexity index is 641. The van der Waals surface area contributed by atoms with E-state index in [1.165, 1.54) is 7.11 Å². The number of alkyl carbamates (subject to hydrolysis) is 1. The van der Waals surface area contributed by atoms with Crippen molar-refractivity contribution in [3.8, 4) is 0 Å². The van der Waals surface area contributed by atoms with Crippen molar-refractivity contribution in [2.75, 3.05) is 7.11 Å². The highest BCUT2D eigenvalue weighted by atomic mass is 32.1. The minimum absolute atomic E-state index is 0.0331. The Morgan fingerprint density at radius 1 is 1.11 bits per heavy atom. The second-order valence-electron chi connectivity index (χ2n) is 7.64. The molecule has 1 aromatic rings. The van der Waals surface area contributed by atoms with E-state index in [2.05, 4.69) is 10.6 Å². The average Bonchev–Trinajstić information content (AvgIpc) is 2.57. The molecule has 1 unspecified atom stereocenters. The first-order chi connectivity index (χ1) is 12.5. The van der Waals surface area contributed by atoms with Crippen molar-refractivity contribution >= 4 is 29.3 Å². The quantitative estimate of drug-likeness (QED) is 0.546. The van der Waals surface area contributed by atoms with Crippen LogP contribution in [0.1, 0.15) is 40.2 Å². The van der Waals surface area contributed by atoms with Gasteiger partial charge in [-0.3, -0.25) is 0 Å². The Hall–Kier alpha value is -2.15. The Balaban J connectivity index is 2.95. The second-order valence-corrected chi connectivity index (χ2v) is 8.08. The minimum Gasteiger partial charge on any atom is -0.467 e. The third-order valence-corrected chi connectivity index (χ3v) is 4.11. The van der Waals surface area contributed by atoms with Crippen LogP contribution in [0.25, 0.3) is 0 Å². The normalized spacial score (nSPS) is 13.4. The zero-order chi connectivity index (χ0) is 20.6. The third-order valence-electron chi connectivity index (χ3n) is 3.71. The molecule has 0 bridgehead atoms. The second kappa shape index (κ2) is 10.3. The number of methoxy groups -OCH3 is 1. The van der Waals surface area contributed by atoms with Crippen LogP contribution in [0.5, 0.6) is 0 Å². The zero-order valence-corrected chi connectivity index (χ0v) is 17.7. The molecule has 27 heavy (non-hydrogen) atoms. The molecule has 150 valence electrons. The maximum atomic E-state index is 12.3. The van der Waals surface area contributed by atoms with E-state index >= 15 is 0 Å². The Kier molecular flexibility index (Phi) is 8.69. The maximum absolute atomic E-state index is 12.3. The van der Waals surface area contributed by atoms with Crippen LogP contribution >= 0.6 is 12.2 Å². The van der Waals surface area contributed by atoms with Gasteiger partial charge in [-0.1, -0.05) is 56.4 Å². The standard InChI is InChI=1S/C20H30N2O4S/c1-13(2)16(18(23)25-6)22-17(27)15(12-14-10-8-7-9-11-14)21-19(24)26-20(3,4)5/h7-11,13,15-16H,12H2,1-6H3,(H,21,24)(H,22,27)/t15?,16-/m0/s1. The van der Waals surface area contributed by atoms with Crippen LogP contribution in [0.4, 0.5) is 4.79 Å². The number of hydrogen-bond acceptors (Lipinski definition) is 5. The number of thiocarbonyl (C=S) groups is 1. The van der Waals surface area contributed by atoms with Gasteiger partial charge in [0, 0.05) is 0 Å². The van der Waals surface area contributed by atoms with Crippen molar-refractivity contribution in [1.82, 2.24) is 10.6 Å². The number of ether oxygens (including phenoxy) is 2. The highest BCUT2D eigenvalue weighted by molar-refractivity contribution is 7.80. The van der Waals surface area contributed by atoms with Crippen LogP contribution in [-0.4, -0.2) is 41.8 Å². The topological polar surface area (TPSA) is 76.7 Å². The van der Waals surface area contributed by atoms with Gasteiger partial charge in [0.05, 0.1) is 18.1 Å². The van der Waals surface area contributed by atoms with Gasteiger partial charge < -0.3 is 20.1 Å². The number of carbonyl (C=O) groups excluding carboxylic acids is 2. The van der Waals surface area contributed by atoms with Gasteiger partial charge in [-0.2, -0.15) is 0 Å². The molecule has 0 aliphatic carbocycles. The molecule has 0 aliphatic rings. The molecular formula is C20H30N2O4S. The van der Waals surface area contributed by atoms with Crippen LogP contribution < -0.4 is 10.6 Å². The smallest absolute Gasteiger partial charge is 0.408 e. The van der Waals surface area contributed by atoms with E-state index in [0.717, 1.165) is 5.56 Å². The summed E-state index contributed by atoms with van der Waals surface area (Å²) < 4.78 is 10.2. The molecule has 6 nitrogen and oxygen atoms in total. The molecule has 1 rings (SSSR count). The van der Waals surface area contributed by atoms with Crippen molar-refractivity contribution in [2.45, 2.75) is 58.7 Å². The summed E-state index contributed by atoms with van der Waals surface area (Å²) in [7, 11) is 1.34. The zero-order valence-electron chi connectivity index (χ0n) is 16.9. The molecule has 0 spiro atoms. The summed E-state index contributed by atoms with van der Waals surface area (Å²) in [6.45, 7) is 9.17. The van der Waals surface area contributed by atoms with Gasteiger partial charge >= 0.3 is 12.1 Å². The van der Waals surface area contributed by atoms with Crippen LogP contribution in [0, 0.1) is 5.92 Å². The number of benzene rings is 1. The Morgan fingerprint density at radius 2 is 1.70 bits per heavy atom. The molecule has 1 amide bonds. The molecule has 1 aromatic carbocycles. The SMILES string of the molecule is COC(=O)[C@@H](NC(=S)C(Cc1ccccc1)NC(=O)OC(C)(C)C)C(C)C. The highest BCUT2D eigenvalue weighted by Gasteiger charge is 2.28. The molecule has 2 N–H and O–H groups in total. The Labute approximate surface area is 167 Å². The van der Waals surface area contributed by atoms with Crippen LogP contribution in [0.15, 0.2) is 30.3 Å². The molecule has 0 saturated carbocycles. The average molecular weight is 395 g/mol. The number of amides is 1. The van der Waals surface area contributed by atoms with E-state index in [0.29, 0.717) is 11.4 Å². The van der Waals surface area contributed by atoms with Crippen molar-refractivity contribution in [3.63, 3.8) is 0 Å². The lowest BCUT2D eigenvalue weighted by atomic mass is 10.0. The molecule has 0 aromatic heterocycles. The first kappa shape index (κ1) is 22.9. The van der Waals surface area contributed by atoms with Crippen molar-refractivity contribution in [2.24, 2.45) is 5.92 Å². The van der Waals surface area contributed by atoms with Gasteiger partial charge in [-0.15, -0.1) is 0 Å². The molecule has 2 atom stereocenters. The van der Waals surface area contributed by atoms with Gasteiger partial charge in [0.1, 0.15) is 11.6 Å². The lowest BCUT2D eigenvalue weighted by molar-refractivity contribution is -0.143. The van der Waals surface area contributed by atoms with E-state index < -0.39 is 29.7 Å². The van der Waals surface area contributed by atoms with E-state index in [9.17, 15) is 9.59 Å². The van der Waals surface area contributed by atoms with Gasteiger partial charge in [0.2, 0.25) is 0 Å². The summed E-state index contributed by atoms with van der Waals surface area (Å²) in [6.07, 6.45) is -0.0931. The van der Waals surface area contributed by atoms with E-state index in [1.807, 2.05) is 44.2 Å². The number of hydrogen-bond donors (Lipinski definition) is 2. The van der Waals surface area contributed by atoms with Crippen molar-refractivity contribution in [3.05, 3.63) is 35.9 Å². The lowest BCUT2D eigenvalue weighted by Crippen LogP contribution is -2.53. The predicted molar refractivity (Wildman–Crippen MR) is 110 cm³/mol. The highest BCUT2D eigenvalue weighted by Crippen LogP contribution is 2.11. The molecular weight excluding hydrogens is 364 g/mol. The fraction of sp³-hybridized carbons (Fsp3) is 0.550. The summed E-state index contributed by atoms with van der Waals surface area (Å²) in [4.78, 5) is 24.6. The van der Waals surface area contributed by atoms with Crippen LogP contribution in [-0.2, 0) is 20.7 Å². The first-order valence-corrected chi connectivity index (χ1v) is 9.36. The molecule has 0 aliphatic heterocycles. The van der Waals surface area contributed by atoms with E-state index in [-0.39, 0.29) is 5.92 Å². The van der Waals surface area contributed by atoms with Crippen LogP contribution in [0.2, 0.25) is 0 Å². The first-order valence-electron chi connectivity index (χ1n) is 8.95. The number of rotatable bonds is 7. The summed E-state index contributed by atoms with van der Waals surface area (Å²) in [5, 5.41) is 5.85. The van der Waals surface area contributed by atoms with Crippen molar-refractivity contribution < 1.29 is 19.1 Å². The Morgan fingerprint density at radius 3 is 2.19 bits per heavy atom.